The van der Waals surface area contributed by atoms with E-state index in [1.54, 1.807) is 0 Å². The number of aromatic nitrogens is 5. The highest BCUT2D eigenvalue weighted by molar-refractivity contribution is 6.24. The number of hydrogen-bond acceptors (Lipinski definition) is 3. The van der Waals surface area contributed by atoms with Gasteiger partial charge >= 0.3 is 0 Å². The van der Waals surface area contributed by atoms with E-state index in [1.165, 1.54) is 0 Å². The molecular weight excluding hydrogens is 747 g/mol. The van der Waals surface area contributed by atoms with Gasteiger partial charge in [0.05, 0.1) is 56.7 Å². The molecule has 0 aliphatic carbocycles. The van der Waals surface area contributed by atoms with Gasteiger partial charge in [0.1, 0.15) is 11.6 Å². The second-order valence-electron chi connectivity index (χ2n) is 15.2. The Labute approximate surface area is 349 Å². The molecule has 4 aromatic heterocycles. The lowest BCUT2D eigenvalue weighted by Gasteiger charge is -2.16. The van der Waals surface area contributed by atoms with E-state index in [1.807, 2.05) is 78.9 Å². The molecular formula is C54H31N7. The summed E-state index contributed by atoms with van der Waals surface area (Å²) in [5.41, 5.74) is 11.1. The van der Waals surface area contributed by atoms with E-state index >= 15 is 0 Å². The number of nitriles is 1. The number of para-hydroxylation sites is 5. The lowest BCUT2D eigenvalue weighted by Crippen LogP contribution is -2.07. The maximum absolute atomic E-state index is 10.9. The van der Waals surface area contributed by atoms with Gasteiger partial charge in [-0.3, -0.25) is 4.57 Å². The second-order valence-corrected chi connectivity index (χ2v) is 15.2. The fraction of sp³-hybridized carbons (Fsp3) is 0. The molecule has 0 spiro atoms. The van der Waals surface area contributed by atoms with E-state index in [0.29, 0.717) is 34.2 Å². The first-order chi connectivity index (χ1) is 30.2. The molecule has 0 amide bonds. The summed E-state index contributed by atoms with van der Waals surface area (Å²) in [5.74, 6) is 0.442. The molecule has 0 unspecified atom stereocenters. The number of nitrogens with zero attached hydrogens (tertiary/aromatic N) is 7. The van der Waals surface area contributed by atoms with Crippen molar-refractivity contribution in [2.24, 2.45) is 0 Å². The molecule has 0 radical (unpaired) electrons. The summed E-state index contributed by atoms with van der Waals surface area (Å²) in [6, 6.07) is 66.4. The van der Waals surface area contributed by atoms with Crippen molar-refractivity contribution >= 4 is 71.1 Å². The van der Waals surface area contributed by atoms with Gasteiger partial charge in [-0.05, 0) is 54.1 Å². The Morgan fingerprint density at radius 3 is 1.46 bits per heavy atom. The third-order valence-corrected chi connectivity index (χ3v) is 11.9. The molecule has 0 bridgehead atoms. The van der Waals surface area contributed by atoms with Crippen LogP contribution in [-0.2, 0) is 0 Å². The van der Waals surface area contributed by atoms with E-state index in [-0.39, 0.29) is 0 Å². The SMILES string of the molecule is [C-]#[N+]c1cc(-c2nc(-n3c4ccccc4c4ccccc43)nc(-c3ccccc3)c2C#N)ccc1-n1c2ccccc2c2ccc3c4ccccc4n(-c4ccccc4)c3c21. The molecule has 8 aromatic carbocycles. The average Bonchev–Trinajstić information content (AvgIpc) is 3.97. The molecule has 4 heterocycles. The third kappa shape index (κ3) is 5.02. The van der Waals surface area contributed by atoms with Crippen molar-refractivity contribution in [2.45, 2.75) is 0 Å². The van der Waals surface area contributed by atoms with Gasteiger partial charge in [-0.25, -0.2) is 14.8 Å². The van der Waals surface area contributed by atoms with Gasteiger partial charge in [0.2, 0.25) is 11.6 Å². The molecule has 61 heavy (non-hydrogen) atoms. The predicted octanol–water partition coefficient (Wildman–Crippen LogP) is 13.5. The van der Waals surface area contributed by atoms with Gasteiger partial charge in [0.15, 0.2) is 0 Å². The Bertz CT molecular complexity index is 3790. The zero-order valence-corrected chi connectivity index (χ0v) is 32.5. The maximum atomic E-state index is 10.9. The fourth-order valence-electron chi connectivity index (χ4n) is 9.35. The van der Waals surface area contributed by atoms with Crippen LogP contribution in [0.5, 0.6) is 0 Å². The highest BCUT2D eigenvalue weighted by Crippen LogP contribution is 2.44. The summed E-state index contributed by atoms with van der Waals surface area (Å²) in [5, 5.41) is 17.6. The number of fused-ring (bicyclic) bond motifs is 10. The summed E-state index contributed by atoms with van der Waals surface area (Å²) >= 11 is 0. The van der Waals surface area contributed by atoms with Crippen LogP contribution in [0.1, 0.15) is 5.56 Å². The highest BCUT2D eigenvalue weighted by Gasteiger charge is 2.25. The molecule has 0 saturated carbocycles. The van der Waals surface area contributed by atoms with Crippen molar-refractivity contribution in [3.8, 4) is 45.9 Å². The topological polar surface area (TPSA) is 68.7 Å². The van der Waals surface area contributed by atoms with Crippen molar-refractivity contribution in [1.29, 1.82) is 5.26 Å². The van der Waals surface area contributed by atoms with Crippen LogP contribution in [0, 0.1) is 17.9 Å². The van der Waals surface area contributed by atoms with Gasteiger partial charge < -0.3 is 9.13 Å². The Morgan fingerprint density at radius 1 is 0.443 bits per heavy atom. The van der Waals surface area contributed by atoms with Gasteiger partial charge in [0, 0.05) is 43.6 Å². The van der Waals surface area contributed by atoms with E-state index < -0.39 is 0 Å². The molecule has 0 aliphatic rings. The van der Waals surface area contributed by atoms with Crippen molar-refractivity contribution < 1.29 is 0 Å². The Morgan fingerprint density at radius 2 is 0.902 bits per heavy atom. The lowest BCUT2D eigenvalue weighted by atomic mass is 10.00. The number of rotatable bonds is 5. The van der Waals surface area contributed by atoms with Gasteiger partial charge in [-0.2, -0.15) is 5.26 Å². The third-order valence-electron chi connectivity index (χ3n) is 11.9. The normalized spacial score (nSPS) is 11.6. The Kier molecular flexibility index (Phi) is 7.52. The van der Waals surface area contributed by atoms with Crippen LogP contribution in [0.4, 0.5) is 5.69 Å². The van der Waals surface area contributed by atoms with E-state index in [2.05, 4.69) is 134 Å². The molecule has 7 nitrogen and oxygen atoms in total. The Balaban J connectivity index is 1.15. The van der Waals surface area contributed by atoms with Crippen LogP contribution in [-0.4, -0.2) is 23.7 Å². The highest BCUT2D eigenvalue weighted by atomic mass is 15.2. The predicted molar refractivity (Wildman–Crippen MR) is 247 cm³/mol. The molecule has 0 atom stereocenters. The zero-order valence-electron chi connectivity index (χ0n) is 32.5. The van der Waals surface area contributed by atoms with Crippen molar-refractivity contribution in [2.75, 3.05) is 0 Å². The molecule has 0 N–H and O–H groups in total. The quantitative estimate of drug-likeness (QED) is 0.163. The van der Waals surface area contributed by atoms with Crippen LogP contribution in [0.25, 0.3) is 110 Å². The second kappa shape index (κ2) is 13.4. The summed E-state index contributed by atoms with van der Waals surface area (Å²) in [6.07, 6.45) is 0. The van der Waals surface area contributed by atoms with Crippen LogP contribution in [0.15, 0.2) is 188 Å². The van der Waals surface area contributed by atoms with Gasteiger partial charge in [-0.15, -0.1) is 0 Å². The maximum Gasteiger partial charge on any atom is 0.235 e. The van der Waals surface area contributed by atoms with E-state index in [0.717, 1.165) is 82.4 Å². The first-order valence-corrected chi connectivity index (χ1v) is 20.1. The van der Waals surface area contributed by atoms with Crippen molar-refractivity contribution in [3.63, 3.8) is 0 Å². The van der Waals surface area contributed by atoms with Crippen LogP contribution >= 0.6 is 0 Å². The lowest BCUT2D eigenvalue weighted by molar-refractivity contribution is 0.991. The number of hydrogen-bond donors (Lipinski definition) is 0. The monoisotopic (exact) mass is 777 g/mol. The number of benzene rings is 8. The van der Waals surface area contributed by atoms with Crippen LogP contribution in [0.3, 0.4) is 0 Å². The van der Waals surface area contributed by atoms with Crippen molar-refractivity contribution in [1.82, 2.24) is 23.7 Å². The standard InChI is InChI=1S/C54H31N7/c1-56-44-32-35(51-43(33-55)50(34-16-4-2-5-17-34)57-54(58-51)61-47-26-14-8-20-37(47)38-21-9-15-27-48(38)61)28-31-49(44)60-46-25-13-11-23-40(46)42-30-29-41-39-22-10-12-24-45(39)59(52(41)53(42)60)36-18-6-3-7-19-36/h2-32H. The smallest absolute Gasteiger partial charge is 0.235 e. The summed E-state index contributed by atoms with van der Waals surface area (Å²) in [4.78, 5) is 14.6. The average molecular weight is 778 g/mol. The van der Waals surface area contributed by atoms with E-state index in [4.69, 9.17) is 16.5 Å². The molecule has 0 fully saturated rings. The minimum atomic E-state index is 0.338. The van der Waals surface area contributed by atoms with Crippen LogP contribution in [0.2, 0.25) is 0 Å². The van der Waals surface area contributed by atoms with Crippen LogP contribution < -0.4 is 0 Å². The summed E-state index contributed by atoms with van der Waals surface area (Å²) in [6.45, 7) is 8.71. The first-order valence-electron chi connectivity index (χ1n) is 20.1. The van der Waals surface area contributed by atoms with Gasteiger partial charge in [-0.1, -0.05) is 140 Å². The minimum Gasteiger partial charge on any atom is -0.317 e. The fourth-order valence-corrected chi connectivity index (χ4v) is 9.35. The molecule has 282 valence electrons. The molecule has 12 rings (SSSR count). The van der Waals surface area contributed by atoms with Gasteiger partial charge in [0.25, 0.3) is 0 Å². The summed E-state index contributed by atoms with van der Waals surface area (Å²) < 4.78 is 6.66. The molecule has 12 aromatic rings. The Hall–Kier alpha value is -8.78. The summed E-state index contributed by atoms with van der Waals surface area (Å²) in [7, 11) is 0. The molecule has 7 heteroatoms. The minimum absolute atomic E-state index is 0.338. The largest absolute Gasteiger partial charge is 0.317 e. The first kappa shape index (κ1) is 34.3. The molecule has 0 saturated heterocycles. The van der Waals surface area contributed by atoms with E-state index in [9.17, 15) is 5.26 Å². The zero-order chi connectivity index (χ0) is 40.6. The van der Waals surface area contributed by atoms with Crippen molar-refractivity contribution in [3.05, 3.63) is 205 Å². The molecule has 0 aliphatic heterocycles.